The molecule has 2 aromatic rings. The summed E-state index contributed by atoms with van der Waals surface area (Å²) in [6, 6.07) is 11.6. The van der Waals surface area contributed by atoms with Crippen molar-refractivity contribution in [1.82, 2.24) is 14.8 Å². The molecule has 0 unspecified atom stereocenters. The van der Waals surface area contributed by atoms with E-state index in [2.05, 4.69) is 10.3 Å². The number of piperazine rings is 1. The van der Waals surface area contributed by atoms with Gasteiger partial charge in [0, 0.05) is 57.8 Å². The lowest BCUT2D eigenvalue weighted by atomic mass is 10.2. The minimum Gasteiger partial charge on any atom is -0.450 e. The zero-order chi connectivity index (χ0) is 20.8. The van der Waals surface area contributed by atoms with Crippen LogP contribution in [0, 0.1) is 0 Å². The average molecular weight is 397 g/mol. The van der Waals surface area contributed by atoms with E-state index < -0.39 is 0 Å². The van der Waals surface area contributed by atoms with Crippen LogP contribution in [0.3, 0.4) is 0 Å². The largest absolute Gasteiger partial charge is 0.450 e. The third kappa shape index (κ3) is 5.16. The lowest BCUT2D eigenvalue weighted by Crippen LogP contribution is -2.50. The molecular formula is C21H27N5O3. The normalized spacial score (nSPS) is 13.8. The first-order valence-electron chi connectivity index (χ1n) is 9.69. The maximum absolute atomic E-state index is 12.7. The number of aromatic nitrogens is 1. The van der Waals surface area contributed by atoms with E-state index in [1.54, 1.807) is 35.1 Å². The van der Waals surface area contributed by atoms with Crippen molar-refractivity contribution in [2.75, 3.05) is 57.1 Å². The molecule has 1 aliphatic rings. The zero-order valence-corrected chi connectivity index (χ0v) is 17.1. The fourth-order valence-electron chi connectivity index (χ4n) is 3.07. The van der Waals surface area contributed by atoms with Gasteiger partial charge in [-0.3, -0.25) is 4.79 Å². The highest BCUT2D eigenvalue weighted by Gasteiger charge is 2.25. The van der Waals surface area contributed by atoms with Crippen molar-refractivity contribution in [3.05, 3.63) is 48.2 Å². The number of carbonyl (C=O) groups excluding carboxylic acids is 2. The van der Waals surface area contributed by atoms with Crippen LogP contribution in [0.15, 0.2) is 42.6 Å². The number of rotatable bonds is 5. The van der Waals surface area contributed by atoms with Crippen LogP contribution in [-0.2, 0) is 4.74 Å². The Bertz CT molecular complexity index is 828. The molecule has 1 fully saturated rings. The molecule has 154 valence electrons. The Morgan fingerprint density at radius 3 is 2.24 bits per heavy atom. The summed E-state index contributed by atoms with van der Waals surface area (Å²) in [7, 11) is 3.99. The standard InChI is InChI=1S/C21H27N5O3/c1-4-29-21(28)26-13-11-25(12-14-26)20(27)16-5-10-19(22-15-16)23-17-6-8-18(9-7-17)24(2)3/h5-10,15H,4,11-14H2,1-3H3,(H,22,23). The molecule has 0 aliphatic carbocycles. The molecule has 0 bridgehead atoms. The second-order valence-corrected chi connectivity index (χ2v) is 6.98. The molecular weight excluding hydrogens is 370 g/mol. The molecule has 1 aromatic carbocycles. The quantitative estimate of drug-likeness (QED) is 0.836. The van der Waals surface area contributed by atoms with Crippen LogP contribution in [0.1, 0.15) is 17.3 Å². The van der Waals surface area contributed by atoms with Gasteiger partial charge in [-0.25, -0.2) is 9.78 Å². The van der Waals surface area contributed by atoms with E-state index in [0.717, 1.165) is 11.4 Å². The monoisotopic (exact) mass is 397 g/mol. The van der Waals surface area contributed by atoms with Crippen molar-refractivity contribution in [3.63, 3.8) is 0 Å². The van der Waals surface area contributed by atoms with E-state index in [9.17, 15) is 9.59 Å². The third-order valence-corrected chi connectivity index (χ3v) is 4.76. The van der Waals surface area contributed by atoms with E-state index in [4.69, 9.17) is 4.74 Å². The molecule has 1 aliphatic heterocycles. The Labute approximate surface area is 171 Å². The predicted molar refractivity (Wildman–Crippen MR) is 113 cm³/mol. The molecule has 29 heavy (non-hydrogen) atoms. The number of benzene rings is 1. The summed E-state index contributed by atoms with van der Waals surface area (Å²) in [5.41, 5.74) is 2.58. The maximum atomic E-state index is 12.7. The highest BCUT2D eigenvalue weighted by Crippen LogP contribution is 2.19. The van der Waals surface area contributed by atoms with Crippen LogP contribution in [-0.4, -0.2) is 73.7 Å². The fourth-order valence-corrected chi connectivity index (χ4v) is 3.07. The Morgan fingerprint density at radius 2 is 1.69 bits per heavy atom. The van der Waals surface area contributed by atoms with Crippen molar-refractivity contribution < 1.29 is 14.3 Å². The Balaban J connectivity index is 1.56. The zero-order valence-electron chi connectivity index (χ0n) is 17.1. The molecule has 8 nitrogen and oxygen atoms in total. The van der Waals surface area contributed by atoms with Gasteiger partial charge < -0.3 is 24.8 Å². The summed E-state index contributed by atoms with van der Waals surface area (Å²) in [5.74, 6) is 0.592. The van der Waals surface area contributed by atoms with Crippen molar-refractivity contribution in [1.29, 1.82) is 0 Å². The van der Waals surface area contributed by atoms with Crippen LogP contribution in [0.25, 0.3) is 0 Å². The SMILES string of the molecule is CCOC(=O)N1CCN(C(=O)c2ccc(Nc3ccc(N(C)C)cc3)nc2)CC1. The maximum Gasteiger partial charge on any atom is 0.409 e. The number of nitrogens with zero attached hydrogens (tertiary/aromatic N) is 4. The molecule has 1 N–H and O–H groups in total. The third-order valence-electron chi connectivity index (χ3n) is 4.76. The van der Waals surface area contributed by atoms with Crippen LogP contribution >= 0.6 is 0 Å². The van der Waals surface area contributed by atoms with E-state index in [0.29, 0.717) is 44.2 Å². The lowest BCUT2D eigenvalue weighted by molar-refractivity contribution is 0.0570. The second kappa shape index (κ2) is 9.27. The van der Waals surface area contributed by atoms with E-state index in [-0.39, 0.29) is 12.0 Å². The smallest absolute Gasteiger partial charge is 0.409 e. The number of ether oxygens (including phenoxy) is 1. The molecule has 3 rings (SSSR count). The number of carbonyl (C=O) groups is 2. The average Bonchev–Trinajstić information content (AvgIpc) is 2.74. The Kier molecular flexibility index (Phi) is 6.54. The summed E-state index contributed by atoms with van der Waals surface area (Å²) >= 11 is 0. The van der Waals surface area contributed by atoms with Gasteiger partial charge in [0.05, 0.1) is 12.2 Å². The summed E-state index contributed by atoms with van der Waals surface area (Å²) in [5, 5.41) is 3.23. The predicted octanol–water partition coefficient (Wildman–Crippen LogP) is 2.81. The van der Waals surface area contributed by atoms with Crippen LogP contribution in [0.5, 0.6) is 0 Å². The number of nitrogens with one attached hydrogen (secondary N) is 1. The molecule has 0 atom stereocenters. The minimum absolute atomic E-state index is 0.0807. The van der Waals surface area contributed by atoms with Gasteiger partial charge in [-0.2, -0.15) is 0 Å². The molecule has 2 amide bonds. The van der Waals surface area contributed by atoms with Crippen LogP contribution < -0.4 is 10.2 Å². The first-order valence-corrected chi connectivity index (χ1v) is 9.69. The molecule has 1 aromatic heterocycles. The van der Waals surface area contributed by atoms with Crippen LogP contribution in [0.2, 0.25) is 0 Å². The number of hydrogen-bond donors (Lipinski definition) is 1. The number of pyridine rings is 1. The van der Waals surface area contributed by atoms with Gasteiger partial charge in [0.2, 0.25) is 0 Å². The topological polar surface area (TPSA) is 78.0 Å². The number of hydrogen-bond acceptors (Lipinski definition) is 6. The van der Waals surface area contributed by atoms with Gasteiger partial charge >= 0.3 is 6.09 Å². The lowest BCUT2D eigenvalue weighted by Gasteiger charge is -2.34. The molecule has 2 heterocycles. The summed E-state index contributed by atoms with van der Waals surface area (Å²) in [4.78, 5) is 34.2. The van der Waals surface area contributed by atoms with Gasteiger partial charge in [-0.05, 0) is 43.3 Å². The fraction of sp³-hybridized carbons (Fsp3) is 0.381. The first kappa shape index (κ1) is 20.4. The molecule has 1 saturated heterocycles. The minimum atomic E-state index is -0.324. The number of anilines is 3. The highest BCUT2D eigenvalue weighted by atomic mass is 16.6. The first-order chi connectivity index (χ1) is 14.0. The van der Waals surface area contributed by atoms with Crippen LogP contribution in [0.4, 0.5) is 22.0 Å². The molecule has 0 saturated carbocycles. The van der Waals surface area contributed by atoms with Gasteiger partial charge in [-0.1, -0.05) is 0 Å². The Morgan fingerprint density at radius 1 is 1.03 bits per heavy atom. The van der Waals surface area contributed by atoms with Gasteiger partial charge in [0.25, 0.3) is 5.91 Å². The Hall–Kier alpha value is -3.29. The summed E-state index contributed by atoms with van der Waals surface area (Å²) in [6.45, 7) is 4.04. The molecule has 0 spiro atoms. The van der Waals surface area contributed by atoms with E-state index in [1.807, 2.05) is 43.3 Å². The van der Waals surface area contributed by atoms with Gasteiger partial charge in [-0.15, -0.1) is 0 Å². The van der Waals surface area contributed by atoms with E-state index in [1.165, 1.54) is 0 Å². The summed E-state index contributed by atoms with van der Waals surface area (Å²) in [6.07, 6.45) is 1.26. The van der Waals surface area contributed by atoms with Crippen molar-refractivity contribution in [2.24, 2.45) is 0 Å². The van der Waals surface area contributed by atoms with Crippen molar-refractivity contribution >= 4 is 29.2 Å². The van der Waals surface area contributed by atoms with Crippen molar-refractivity contribution in [2.45, 2.75) is 6.92 Å². The summed E-state index contributed by atoms with van der Waals surface area (Å²) < 4.78 is 5.01. The van der Waals surface area contributed by atoms with E-state index >= 15 is 0 Å². The molecule has 8 heteroatoms. The second-order valence-electron chi connectivity index (χ2n) is 6.98. The van der Waals surface area contributed by atoms with Gasteiger partial charge in [0.15, 0.2) is 0 Å². The number of amides is 2. The van der Waals surface area contributed by atoms with Gasteiger partial charge in [0.1, 0.15) is 5.82 Å². The van der Waals surface area contributed by atoms with Crippen molar-refractivity contribution in [3.8, 4) is 0 Å². The highest BCUT2D eigenvalue weighted by molar-refractivity contribution is 5.94. The molecule has 0 radical (unpaired) electrons.